The highest BCUT2D eigenvalue weighted by Crippen LogP contribution is 2.29. The van der Waals surface area contributed by atoms with Crippen molar-refractivity contribution in [2.45, 2.75) is 25.9 Å². The minimum atomic E-state index is -1.11. The summed E-state index contributed by atoms with van der Waals surface area (Å²) in [5.74, 6) is 0.00142. The van der Waals surface area contributed by atoms with Gasteiger partial charge in [-0.25, -0.2) is 4.79 Å². The molecular formula is C25H26N2O4. The quantitative estimate of drug-likeness (QED) is 0.484. The van der Waals surface area contributed by atoms with E-state index in [4.69, 9.17) is 5.11 Å². The van der Waals surface area contributed by atoms with E-state index in [0.29, 0.717) is 24.9 Å². The Kier molecular flexibility index (Phi) is 7.40. The Morgan fingerprint density at radius 1 is 0.935 bits per heavy atom. The highest BCUT2D eigenvalue weighted by Gasteiger charge is 2.12. The molecule has 6 nitrogen and oxygen atoms in total. The van der Waals surface area contributed by atoms with E-state index < -0.39 is 6.09 Å². The second kappa shape index (κ2) is 10.4. The number of amides is 2. The second-order valence-corrected chi connectivity index (χ2v) is 7.31. The zero-order valence-electron chi connectivity index (χ0n) is 17.4. The number of aryl methyl sites for hydroxylation is 1. The van der Waals surface area contributed by atoms with Gasteiger partial charge in [-0.05, 0) is 47.7 Å². The maximum atomic E-state index is 12.5. The molecule has 0 unspecified atom stereocenters. The molecule has 3 N–H and O–H groups in total. The number of nitrogens with one attached hydrogen (secondary N) is 1. The van der Waals surface area contributed by atoms with Crippen LogP contribution in [-0.4, -0.2) is 29.3 Å². The third kappa shape index (κ3) is 5.93. The number of nitrogens with zero attached hydrogens (tertiary/aromatic N) is 1. The Hall–Kier alpha value is -3.64. The molecule has 0 spiro atoms. The van der Waals surface area contributed by atoms with Crippen LogP contribution in [0.5, 0.6) is 0 Å². The molecule has 31 heavy (non-hydrogen) atoms. The van der Waals surface area contributed by atoms with Gasteiger partial charge in [0.2, 0.25) is 5.91 Å². The summed E-state index contributed by atoms with van der Waals surface area (Å²) < 4.78 is 0. The molecule has 0 fully saturated rings. The first kappa shape index (κ1) is 22.1. The van der Waals surface area contributed by atoms with Gasteiger partial charge in [0.15, 0.2) is 0 Å². The number of rotatable bonds is 8. The minimum absolute atomic E-state index is 0.00142. The summed E-state index contributed by atoms with van der Waals surface area (Å²) in [5.41, 5.74) is 4.82. The van der Waals surface area contributed by atoms with Gasteiger partial charge in [0.25, 0.3) is 0 Å². The molecule has 0 saturated heterocycles. The van der Waals surface area contributed by atoms with E-state index >= 15 is 0 Å². The van der Waals surface area contributed by atoms with E-state index in [0.717, 1.165) is 27.9 Å². The molecule has 0 aliphatic carbocycles. The summed E-state index contributed by atoms with van der Waals surface area (Å²) >= 11 is 0. The van der Waals surface area contributed by atoms with E-state index in [1.807, 2.05) is 60.7 Å². The van der Waals surface area contributed by atoms with Crippen molar-refractivity contribution < 1.29 is 19.8 Å². The molecule has 0 atom stereocenters. The minimum Gasteiger partial charge on any atom is -0.465 e. The Morgan fingerprint density at radius 3 is 2.26 bits per heavy atom. The topological polar surface area (TPSA) is 89.9 Å². The summed E-state index contributed by atoms with van der Waals surface area (Å²) in [4.78, 5) is 25.4. The van der Waals surface area contributed by atoms with Crippen LogP contribution < -0.4 is 10.2 Å². The first-order valence-electron chi connectivity index (χ1n) is 10.1. The first-order chi connectivity index (χ1) is 15.0. The molecule has 3 rings (SSSR count). The van der Waals surface area contributed by atoms with Gasteiger partial charge >= 0.3 is 6.09 Å². The maximum Gasteiger partial charge on any atom is 0.409 e. The van der Waals surface area contributed by atoms with E-state index in [9.17, 15) is 14.7 Å². The van der Waals surface area contributed by atoms with Gasteiger partial charge in [0.1, 0.15) is 0 Å². The smallest absolute Gasteiger partial charge is 0.409 e. The van der Waals surface area contributed by atoms with E-state index in [1.54, 1.807) is 24.1 Å². The van der Waals surface area contributed by atoms with Gasteiger partial charge in [0, 0.05) is 24.7 Å². The number of hydrogen-bond acceptors (Lipinski definition) is 3. The lowest BCUT2D eigenvalue weighted by molar-refractivity contribution is -0.118. The Balaban J connectivity index is 1.64. The van der Waals surface area contributed by atoms with Crippen molar-refractivity contribution >= 4 is 23.4 Å². The van der Waals surface area contributed by atoms with Crippen molar-refractivity contribution in [2.75, 3.05) is 17.3 Å². The van der Waals surface area contributed by atoms with Crippen molar-refractivity contribution in [3.63, 3.8) is 0 Å². The van der Waals surface area contributed by atoms with Crippen molar-refractivity contribution in [1.29, 1.82) is 0 Å². The average molecular weight is 418 g/mol. The molecule has 0 aliphatic rings. The summed E-state index contributed by atoms with van der Waals surface area (Å²) in [6, 6.07) is 22.5. The van der Waals surface area contributed by atoms with Gasteiger partial charge in [-0.15, -0.1) is 0 Å². The molecule has 0 radical (unpaired) electrons. The van der Waals surface area contributed by atoms with Crippen molar-refractivity contribution in [2.24, 2.45) is 0 Å². The molecule has 2 amide bonds. The van der Waals surface area contributed by atoms with Crippen LogP contribution in [0.4, 0.5) is 16.2 Å². The normalized spacial score (nSPS) is 10.5. The molecule has 0 bridgehead atoms. The van der Waals surface area contributed by atoms with E-state index in [-0.39, 0.29) is 12.5 Å². The number of carboxylic acid groups (broad SMARTS) is 1. The molecule has 3 aromatic rings. The Labute approximate surface area is 181 Å². The second-order valence-electron chi connectivity index (χ2n) is 7.31. The van der Waals surface area contributed by atoms with Crippen molar-refractivity contribution in [3.8, 4) is 11.1 Å². The number of benzene rings is 3. The number of aliphatic hydroxyl groups is 1. The molecule has 0 heterocycles. The number of carbonyl (C=O) groups is 2. The number of carbonyl (C=O) groups excluding carboxylic acids is 1. The average Bonchev–Trinajstić information content (AvgIpc) is 2.79. The molecule has 0 aromatic heterocycles. The van der Waals surface area contributed by atoms with Crippen LogP contribution in [0.15, 0.2) is 72.8 Å². The zero-order chi connectivity index (χ0) is 22.2. The lowest BCUT2D eigenvalue weighted by Crippen LogP contribution is -2.25. The van der Waals surface area contributed by atoms with Gasteiger partial charge in [-0.1, -0.05) is 54.6 Å². The van der Waals surface area contributed by atoms with E-state index in [1.165, 1.54) is 0 Å². The fourth-order valence-electron chi connectivity index (χ4n) is 3.42. The van der Waals surface area contributed by atoms with Gasteiger partial charge < -0.3 is 15.1 Å². The lowest BCUT2D eigenvalue weighted by Gasteiger charge is -2.18. The van der Waals surface area contributed by atoms with Crippen LogP contribution in [0.1, 0.15) is 24.0 Å². The summed E-state index contributed by atoms with van der Waals surface area (Å²) in [5, 5.41) is 20.8. The van der Waals surface area contributed by atoms with Crippen LogP contribution in [0.2, 0.25) is 0 Å². The van der Waals surface area contributed by atoms with E-state index in [2.05, 4.69) is 5.32 Å². The predicted molar refractivity (Wildman–Crippen MR) is 122 cm³/mol. The fourth-order valence-corrected chi connectivity index (χ4v) is 3.42. The maximum absolute atomic E-state index is 12.5. The lowest BCUT2D eigenvalue weighted by atomic mass is 9.99. The highest BCUT2D eigenvalue weighted by molar-refractivity contribution is 5.93. The monoisotopic (exact) mass is 418 g/mol. The molecule has 3 aromatic carbocycles. The summed E-state index contributed by atoms with van der Waals surface area (Å²) in [7, 11) is 1.74. The first-order valence-corrected chi connectivity index (χ1v) is 10.1. The number of anilines is 2. The van der Waals surface area contributed by atoms with Crippen LogP contribution in [0.3, 0.4) is 0 Å². The Morgan fingerprint density at radius 2 is 1.61 bits per heavy atom. The van der Waals surface area contributed by atoms with Gasteiger partial charge in [-0.3, -0.25) is 10.1 Å². The van der Waals surface area contributed by atoms with Crippen molar-refractivity contribution in [3.05, 3.63) is 83.9 Å². The third-order valence-electron chi connectivity index (χ3n) is 5.15. The SMILES string of the molecule is CN(C(=O)CCCc1ccc(-c2ccccc2)c(NC(=O)O)c1)c1ccc(CO)cc1. The fraction of sp³-hybridized carbons (Fsp3) is 0.200. The summed E-state index contributed by atoms with van der Waals surface area (Å²) in [6.45, 7) is -0.0280. The zero-order valence-corrected chi connectivity index (χ0v) is 17.4. The third-order valence-corrected chi connectivity index (χ3v) is 5.15. The van der Waals surface area contributed by atoms with Gasteiger partial charge in [0.05, 0.1) is 12.3 Å². The van der Waals surface area contributed by atoms with Crippen LogP contribution >= 0.6 is 0 Å². The Bertz CT molecular complexity index is 1030. The number of hydrogen-bond donors (Lipinski definition) is 3. The molecule has 160 valence electrons. The highest BCUT2D eigenvalue weighted by atomic mass is 16.4. The van der Waals surface area contributed by atoms with Crippen LogP contribution in [0.25, 0.3) is 11.1 Å². The molecule has 6 heteroatoms. The number of aliphatic hydroxyl groups excluding tert-OH is 1. The largest absolute Gasteiger partial charge is 0.465 e. The predicted octanol–water partition coefficient (Wildman–Crippen LogP) is 4.92. The molecular weight excluding hydrogens is 392 g/mol. The van der Waals surface area contributed by atoms with Crippen LogP contribution in [-0.2, 0) is 17.8 Å². The molecule has 0 aliphatic heterocycles. The standard InChI is InChI=1S/C25H26N2O4/c1-27(21-13-10-19(17-28)11-14-21)24(29)9-5-6-18-12-15-22(20-7-3-2-4-8-20)23(16-18)26-25(30)31/h2-4,7-8,10-16,26,28H,5-6,9,17H2,1H3,(H,30,31). The van der Waals surface area contributed by atoms with Crippen LogP contribution in [0, 0.1) is 0 Å². The van der Waals surface area contributed by atoms with Crippen molar-refractivity contribution in [1.82, 2.24) is 0 Å². The molecule has 0 saturated carbocycles. The summed E-state index contributed by atoms with van der Waals surface area (Å²) in [6.07, 6.45) is 0.570. The van der Waals surface area contributed by atoms with Gasteiger partial charge in [-0.2, -0.15) is 0 Å².